The highest BCUT2D eigenvalue weighted by atomic mass is 32.1. The average Bonchev–Trinajstić information content (AvgIpc) is 2.70. The van der Waals surface area contributed by atoms with Crippen LogP contribution in [0, 0.1) is 6.92 Å². The van der Waals surface area contributed by atoms with Gasteiger partial charge in [-0.2, -0.15) is 0 Å². The van der Waals surface area contributed by atoms with E-state index in [1.807, 2.05) is 47.7 Å². The summed E-state index contributed by atoms with van der Waals surface area (Å²) in [6.45, 7) is 2.08. The van der Waals surface area contributed by atoms with Gasteiger partial charge in [-0.05, 0) is 41.8 Å². The Kier molecular flexibility index (Phi) is 4.72. The lowest BCUT2D eigenvalue weighted by atomic mass is 9.81. The molecule has 0 saturated carbocycles. The van der Waals surface area contributed by atoms with Gasteiger partial charge in [-0.15, -0.1) is 0 Å². The average molecular weight is 370 g/mol. The molecule has 4 rings (SSSR count). The molecule has 1 aliphatic rings. The van der Waals surface area contributed by atoms with Gasteiger partial charge >= 0.3 is 0 Å². The molecule has 3 aromatic carbocycles. The van der Waals surface area contributed by atoms with E-state index in [-0.39, 0.29) is 5.78 Å². The van der Waals surface area contributed by atoms with Crippen molar-refractivity contribution in [2.24, 2.45) is 0 Å². The van der Waals surface area contributed by atoms with Gasteiger partial charge in [0.15, 0.2) is 11.0 Å². The monoisotopic (exact) mass is 370 g/mol. The first-order chi connectivity index (χ1) is 13.2. The van der Waals surface area contributed by atoms with Crippen LogP contribution in [0.25, 0.3) is 0 Å². The standard InChI is InChI=1S/C24H18O2S/c1-16-9-11-17(12-10-16)13-14-18-5-4-8-21-22(18)23(26)19-6-2-3-7-20(19)24(21)27-15-25/h2-12H,13-14H2,1H3. The Bertz CT molecular complexity index is 1130. The molecule has 132 valence electrons. The first kappa shape index (κ1) is 17.4. The fourth-order valence-electron chi connectivity index (χ4n) is 3.61. The van der Waals surface area contributed by atoms with Crippen molar-refractivity contribution >= 4 is 26.8 Å². The van der Waals surface area contributed by atoms with Crippen LogP contribution in [-0.4, -0.2) is 15.9 Å². The van der Waals surface area contributed by atoms with E-state index in [1.165, 1.54) is 11.1 Å². The summed E-state index contributed by atoms with van der Waals surface area (Å²) < 4.78 is 0. The molecule has 0 bridgehead atoms. The molecule has 2 nitrogen and oxygen atoms in total. The van der Waals surface area contributed by atoms with E-state index >= 15 is 0 Å². The minimum absolute atomic E-state index is 0.0374. The number of benzene rings is 3. The lowest BCUT2D eigenvalue weighted by Gasteiger charge is -2.22. The maximum Gasteiger partial charge on any atom is 0.194 e. The van der Waals surface area contributed by atoms with Crippen LogP contribution in [0.1, 0.15) is 43.7 Å². The van der Waals surface area contributed by atoms with Crippen molar-refractivity contribution in [2.75, 3.05) is 0 Å². The molecule has 0 radical (unpaired) electrons. The van der Waals surface area contributed by atoms with Gasteiger partial charge in [0.1, 0.15) is 0 Å². The van der Waals surface area contributed by atoms with Crippen molar-refractivity contribution < 1.29 is 9.59 Å². The molecule has 0 aromatic heterocycles. The fourth-order valence-corrected chi connectivity index (χ4v) is 4.26. The molecule has 0 amide bonds. The minimum Gasteiger partial charge on any atom is -0.289 e. The van der Waals surface area contributed by atoms with Gasteiger partial charge in [0.05, 0.1) is 4.86 Å². The van der Waals surface area contributed by atoms with E-state index in [2.05, 4.69) is 31.2 Å². The third-order valence-corrected chi connectivity index (χ3v) is 5.71. The Morgan fingerprint density at radius 2 is 1.52 bits per heavy atom. The Labute approximate surface area is 162 Å². The van der Waals surface area contributed by atoms with Crippen LogP contribution in [0.4, 0.5) is 0 Å². The SMILES string of the molecule is Cc1ccc(CCc2cccc3c2C(=O)c2ccccc2C3=S=C=O)cc1. The maximum absolute atomic E-state index is 13.2. The number of aryl methyl sites for hydroxylation is 3. The van der Waals surface area contributed by atoms with Crippen LogP contribution in [0.3, 0.4) is 0 Å². The second-order valence-electron chi connectivity index (χ2n) is 6.71. The third-order valence-electron chi connectivity index (χ3n) is 4.99. The highest BCUT2D eigenvalue weighted by molar-refractivity contribution is 7.97. The van der Waals surface area contributed by atoms with Crippen LogP contribution >= 0.6 is 10.9 Å². The number of ketones is 1. The second kappa shape index (κ2) is 7.32. The maximum atomic E-state index is 13.2. The second-order valence-corrected chi connectivity index (χ2v) is 7.49. The fraction of sp³-hybridized carbons (Fsp3) is 0.125. The Hall–Kier alpha value is -3.00. The minimum atomic E-state index is 0.0374. The molecular weight excluding hydrogens is 352 g/mol. The van der Waals surface area contributed by atoms with Gasteiger partial charge in [-0.3, -0.25) is 4.79 Å². The predicted octanol–water partition coefficient (Wildman–Crippen LogP) is 4.69. The van der Waals surface area contributed by atoms with Crippen LogP contribution in [-0.2, 0) is 17.6 Å². The van der Waals surface area contributed by atoms with E-state index in [1.54, 1.807) is 0 Å². The lowest BCUT2D eigenvalue weighted by molar-refractivity contribution is 0.103. The Morgan fingerprint density at radius 3 is 2.26 bits per heavy atom. The van der Waals surface area contributed by atoms with Gasteiger partial charge in [-0.1, -0.05) is 72.3 Å². The van der Waals surface area contributed by atoms with Crippen LogP contribution in [0.5, 0.6) is 0 Å². The summed E-state index contributed by atoms with van der Waals surface area (Å²) >= 11 is 0. The van der Waals surface area contributed by atoms with Crippen LogP contribution in [0.2, 0.25) is 0 Å². The zero-order valence-electron chi connectivity index (χ0n) is 15.0. The summed E-state index contributed by atoms with van der Waals surface area (Å²) in [5.41, 5.74) is 6.56. The summed E-state index contributed by atoms with van der Waals surface area (Å²) in [5.74, 6) is 0.0374. The van der Waals surface area contributed by atoms with Crippen molar-refractivity contribution in [1.82, 2.24) is 0 Å². The molecule has 0 unspecified atom stereocenters. The molecule has 0 saturated heterocycles. The number of carbonyl (C=O) groups excluding carboxylic acids is 2. The molecule has 27 heavy (non-hydrogen) atoms. The van der Waals surface area contributed by atoms with Crippen molar-refractivity contribution in [2.45, 2.75) is 19.8 Å². The highest BCUT2D eigenvalue weighted by Gasteiger charge is 2.28. The normalized spacial score (nSPS) is 12.2. The van der Waals surface area contributed by atoms with Crippen LogP contribution in [0.15, 0.2) is 66.7 Å². The smallest absolute Gasteiger partial charge is 0.194 e. The Balaban J connectivity index is 1.79. The lowest BCUT2D eigenvalue weighted by Crippen LogP contribution is -2.22. The largest absolute Gasteiger partial charge is 0.289 e. The molecule has 0 fully saturated rings. The quantitative estimate of drug-likeness (QED) is 0.490. The van der Waals surface area contributed by atoms with Gasteiger partial charge in [0, 0.05) is 22.3 Å². The predicted molar refractivity (Wildman–Crippen MR) is 111 cm³/mol. The van der Waals surface area contributed by atoms with E-state index in [9.17, 15) is 9.59 Å². The van der Waals surface area contributed by atoms with E-state index in [0.29, 0.717) is 5.56 Å². The van der Waals surface area contributed by atoms with Crippen molar-refractivity contribution in [3.05, 3.63) is 106 Å². The summed E-state index contributed by atoms with van der Waals surface area (Å²) in [4.78, 5) is 25.2. The first-order valence-corrected chi connectivity index (χ1v) is 9.73. The molecule has 3 aromatic rings. The number of hydrogen-bond donors (Lipinski definition) is 0. The summed E-state index contributed by atoms with van der Waals surface area (Å²) in [6.07, 6.45) is 1.65. The number of rotatable bonds is 3. The third kappa shape index (κ3) is 3.23. The molecule has 0 spiro atoms. The van der Waals surface area contributed by atoms with Crippen molar-refractivity contribution in [1.29, 1.82) is 0 Å². The molecular formula is C24H18O2S. The van der Waals surface area contributed by atoms with Crippen LogP contribution < -0.4 is 0 Å². The Morgan fingerprint density at radius 1 is 0.815 bits per heavy atom. The molecule has 1 aliphatic carbocycles. The van der Waals surface area contributed by atoms with Gasteiger partial charge in [0.2, 0.25) is 0 Å². The van der Waals surface area contributed by atoms with E-state index in [0.717, 1.165) is 50.9 Å². The summed E-state index contributed by atoms with van der Waals surface area (Å²) in [6, 6.07) is 21.9. The van der Waals surface area contributed by atoms with E-state index in [4.69, 9.17) is 0 Å². The van der Waals surface area contributed by atoms with Crippen molar-refractivity contribution in [3.63, 3.8) is 0 Å². The molecule has 0 aliphatic heterocycles. The molecule has 0 atom stereocenters. The van der Waals surface area contributed by atoms with E-state index < -0.39 is 0 Å². The number of fused-ring (bicyclic) bond motifs is 2. The molecule has 3 heteroatoms. The first-order valence-electron chi connectivity index (χ1n) is 8.92. The number of carbonyl (C=O) groups is 1. The highest BCUT2D eigenvalue weighted by Crippen LogP contribution is 2.31. The zero-order chi connectivity index (χ0) is 18.8. The van der Waals surface area contributed by atoms with Gasteiger partial charge < -0.3 is 0 Å². The van der Waals surface area contributed by atoms with Gasteiger partial charge in [0.25, 0.3) is 0 Å². The topological polar surface area (TPSA) is 34.1 Å². The zero-order valence-corrected chi connectivity index (χ0v) is 15.8. The summed E-state index contributed by atoms with van der Waals surface area (Å²) in [5, 5.41) is 1.93. The molecule has 0 heterocycles. The molecule has 0 N–H and O–H groups in total. The number of hydrogen-bond acceptors (Lipinski definition) is 2. The summed E-state index contributed by atoms with van der Waals surface area (Å²) in [7, 11) is 1.02. The van der Waals surface area contributed by atoms with Gasteiger partial charge in [-0.25, -0.2) is 4.79 Å². The van der Waals surface area contributed by atoms with Crippen molar-refractivity contribution in [3.8, 4) is 0 Å².